The van der Waals surface area contributed by atoms with Crippen LogP contribution in [0.2, 0.25) is 5.02 Å². The van der Waals surface area contributed by atoms with Gasteiger partial charge in [0.2, 0.25) is 0 Å². The third kappa shape index (κ3) is 3.30. The zero-order valence-corrected chi connectivity index (χ0v) is 13.8. The lowest BCUT2D eigenvalue weighted by Gasteiger charge is -2.30. The van der Waals surface area contributed by atoms with Crippen molar-refractivity contribution in [2.24, 2.45) is 5.73 Å². The van der Waals surface area contributed by atoms with Gasteiger partial charge in [-0.05, 0) is 25.8 Å². The third-order valence-electron chi connectivity index (χ3n) is 3.98. The Balaban J connectivity index is 2.41. The van der Waals surface area contributed by atoms with Gasteiger partial charge in [0.25, 0.3) is 0 Å². The number of hydrogen-bond acceptors (Lipinski definition) is 2. The standard InChI is InChI=1S/C17H24ClN3/c1-4-11-17(19,14-9-7-6-8-10-14)12-15-16(18)13(3)20-21(15)5-2/h6-10H,4-5,11-12,19H2,1-3H3. The SMILES string of the molecule is CCCC(N)(Cc1c(Cl)c(C)nn1CC)c1ccccc1. The molecule has 0 aliphatic carbocycles. The molecule has 1 heterocycles. The average Bonchev–Trinajstić information content (AvgIpc) is 2.76. The highest BCUT2D eigenvalue weighted by molar-refractivity contribution is 6.31. The van der Waals surface area contributed by atoms with E-state index < -0.39 is 5.54 Å². The van der Waals surface area contributed by atoms with E-state index in [2.05, 4.69) is 31.1 Å². The maximum atomic E-state index is 6.76. The highest BCUT2D eigenvalue weighted by Crippen LogP contribution is 2.32. The van der Waals surface area contributed by atoms with Crippen molar-refractivity contribution in [1.82, 2.24) is 9.78 Å². The van der Waals surface area contributed by atoms with Crippen molar-refractivity contribution < 1.29 is 0 Å². The lowest BCUT2D eigenvalue weighted by molar-refractivity contribution is 0.387. The van der Waals surface area contributed by atoms with Gasteiger partial charge in [0.1, 0.15) is 0 Å². The summed E-state index contributed by atoms with van der Waals surface area (Å²) >= 11 is 6.45. The van der Waals surface area contributed by atoms with Crippen LogP contribution in [0.3, 0.4) is 0 Å². The first-order valence-electron chi connectivity index (χ1n) is 7.58. The van der Waals surface area contributed by atoms with Crippen molar-refractivity contribution in [3.63, 3.8) is 0 Å². The van der Waals surface area contributed by atoms with Gasteiger partial charge < -0.3 is 5.73 Å². The molecule has 0 radical (unpaired) electrons. The molecule has 2 aromatic rings. The molecule has 0 amide bonds. The molecule has 2 rings (SSSR count). The Hall–Kier alpha value is -1.32. The Morgan fingerprint density at radius 3 is 2.48 bits per heavy atom. The zero-order chi connectivity index (χ0) is 15.5. The van der Waals surface area contributed by atoms with E-state index in [0.717, 1.165) is 41.4 Å². The first-order chi connectivity index (χ1) is 10.0. The summed E-state index contributed by atoms with van der Waals surface area (Å²) in [6.07, 6.45) is 2.65. The zero-order valence-electron chi connectivity index (χ0n) is 13.1. The smallest absolute Gasteiger partial charge is 0.0847 e. The summed E-state index contributed by atoms with van der Waals surface area (Å²) in [6, 6.07) is 10.3. The van der Waals surface area contributed by atoms with Crippen LogP contribution in [0.5, 0.6) is 0 Å². The molecule has 1 aromatic carbocycles. The van der Waals surface area contributed by atoms with Gasteiger partial charge in [0.15, 0.2) is 0 Å². The Labute approximate surface area is 132 Å². The topological polar surface area (TPSA) is 43.8 Å². The van der Waals surface area contributed by atoms with E-state index in [-0.39, 0.29) is 0 Å². The van der Waals surface area contributed by atoms with Gasteiger partial charge in [0, 0.05) is 18.5 Å². The van der Waals surface area contributed by atoms with E-state index in [9.17, 15) is 0 Å². The quantitative estimate of drug-likeness (QED) is 0.874. The molecule has 0 saturated carbocycles. The predicted octanol–water partition coefficient (Wildman–Crippen LogP) is 4.06. The molecule has 0 bridgehead atoms. The van der Waals surface area contributed by atoms with Crippen LogP contribution in [0.15, 0.2) is 30.3 Å². The third-order valence-corrected chi connectivity index (χ3v) is 4.47. The monoisotopic (exact) mass is 305 g/mol. The number of hydrogen-bond donors (Lipinski definition) is 1. The summed E-state index contributed by atoms with van der Waals surface area (Å²) in [5.41, 5.74) is 9.43. The molecule has 0 fully saturated rings. The van der Waals surface area contributed by atoms with Crippen LogP contribution in [0, 0.1) is 6.92 Å². The molecule has 1 unspecified atom stereocenters. The van der Waals surface area contributed by atoms with Crippen molar-refractivity contribution in [2.75, 3.05) is 0 Å². The van der Waals surface area contributed by atoms with Gasteiger partial charge in [-0.15, -0.1) is 0 Å². The molecule has 2 N–H and O–H groups in total. The molecule has 3 nitrogen and oxygen atoms in total. The molecule has 0 aliphatic rings. The van der Waals surface area contributed by atoms with Gasteiger partial charge in [0.05, 0.1) is 16.4 Å². The highest BCUT2D eigenvalue weighted by atomic mass is 35.5. The maximum Gasteiger partial charge on any atom is 0.0847 e. The summed E-state index contributed by atoms with van der Waals surface area (Å²) < 4.78 is 1.97. The minimum absolute atomic E-state index is 0.404. The lowest BCUT2D eigenvalue weighted by Crippen LogP contribution is -2.39. The summed E-state index contributed by atoms with van der Waals surface area (Å²) in [7, 11) is 0. The van der Waals surface area contributed by atoms with E-state index >= 15 is 0 Å². The van der Waals surface area contributed by atoms with E-state index in [1.54, 1.807) is 0 Å². The molecule has 4 heteroatoms. The van der Waals surface area contributed by atoms with Crippen LogP contribution in [0.4, 0.5) is 0 Å². The number of nitrogens with zero attached hydrogens (tertiary/aromatic N) is 2. The van der Waals surface area contributed by atoms with Crippen LogP contribution in [-0.2, 0) is 18.5 Å². The highest BCUT2D eigenvalue weighted by Gasteiger charge is 2.30. The molecule has 114 valence electrons. The van der Waals surface area contributed by atoms with Gasteiger partial charge >= 0.3 is 0 Å². The number of rotatable bonds is 6. The van der Waals surface area contributed by atoms with Crippen molar-refractivity contribution in [3.05, 3.63) is 52.3 Å². The van der Waals surface area contributed by atoms with Crippen LogP contribution < -0.4 is 5.73 Å². The van der Waals surface area contributed by atoms with Crippen LogP contribution in [0.1, 0.15) is 43.6 Å². The first kappa shape index (κ1) is 16.1. The summed E-state index contributed by atoms with van der Waals surface area (Å²) in [5, 5.41) is 5.24. The number of aromatic nitrogens is 2. The van der Waals surface area contributed by atoms with Gasteiger partial charge in [-0.1, -0.05) is 55.3 Å². The molecule has 21 heavy (non-hydrogen) atoms. The number of aryl methyl sites for hydroxylation is 2. The van der Waals surface area contributed by atoms with Gasteiger partial charge in [-0.3, -0.25) is 4.68 Å². The fourth-order valence-electron chi connectivity index (χ4n) is 2.89. The second kappa shape index (κ2) is 6.63. The molecular formula is C17H24ClN3. The Kier molecular flexibility index (Phi) is 5.07. The molecule has 1 atom stereocenters. The van der Waals surface area contributed by atoms with Crippen molar-refractivity contribution >= 4 is 11.6 Å². The van der Waals surface area contributed by atoms with Crippen molar-refractivity contribution in [1.29, 1.82) is 0 Å². The van der Waals surface area contributed by atoms with E-state index in [1.807, 2.05) is 29.8 Å². The van der Waals surface area contributed by atoms with Gasteiger partial charge in [-0.2, -0.15) is 5.10 Å². The minimum Gasteiger partial charge on any atom is -0.321 e. The van der Waals surface area contributed by atoms with E-state index in [1.165, 1.54) is 0 Å². The van der Waals surface area contributed by atoms with Crippen molar-refractivity contribution in [2.45, 2.75) is 52.1 Å². The Morgan fingerprint density at radius 1 is 1.24 bits per heavy atom. The normalized spacial score (nSPS) is 14.1. The van der Waals surface area contributed by atoms with Crippen LogP contribution in [0.25, 0.3) is 0 Å². The molecule has 0 aliphatic heterocycles. The van der Waals surface area contributed by atoms with Crippen LogP contribution >= 0.6 is 11.6 Å². The maximum absolute atomic E-state index is 6.76. The first-order valence-corrected chi connectivity index (χ1v) is 7.95. The summed E-state index contributed by atoms with van der Waals surface area (Å²) in [5.74, 6) is 0. The lowest BCUT2D eigenvalue weighted by atomic mass is 9.82. The molecule has 0 saturated heterocycles. The minimum atomic E-state index is -0.404. The number of nitrogens with two attached hydrogens (primary N) is 1. The van der Waals surface area contributed by atoms with Gasteiger partial charge in [-0.25, -0.2) is 0 Å². The summed E-state index contributed by atoms with van der Waals surface area (Å²) in [4.78, 5) is 0. The fourth-order valence-corrected chi connectivity index (χ4v) is 3.09. The summed E-state index contributed by atoms with van der Waals surface area (Å²) in [6.45, 7) is 6.99. The van der Waals surface area contributed by atoms with Crippen LogP contribution in [-0.4, -0.2) is 9.78 Å². The van der Waals surface area contributed by atoms with Crippen molar-refractivity contribution in [3.8, 4) is 0 Å². The second-order valence-electron chi connectivity index (χ2n) is 5.61. The number of halogens is 1. The molecule has 0 spiro atoms. The Morgan fingerprint density at radius 2 is 1.90 bits per heavy atom. The predicted molar refractivity (Wildman–Crippen MR) is 88.6 cm³/mol. The average molecular weight is 306 g/mol. The van der Waals surface area contributed by atoms with E-state index in [4.69, 9.17) is 17.3 Å². The fraction of sp³-hybridized carbons (Fsp3) is 0.471. The number of benzene rings is 1. The largest absolute Gasteiger partial charge is 0.321 e. The molecule has 1 aromatic heterocycles. The second-order valence-corrected chi connectivity index (χ2v) is 5.99. The van der Waals surface area contributed by atoms with E-state index in [0.29, 0.717) is 6.42 Å². The Bertz CT molecular complexity index is 592. The molecular weight excluding hydrogens is 282 g/mol.